The van der Waals surface area contributed by atoms with Gasteiger partial charge in [0.1, 0.15) is 19.3 Å². The molecule has 1 amide bonds. The van der Waals surface area contributed by atoms with Crippen molar-refractivity contribution in [1.82, 2.24) is 5.32 Å². The molecule has 0 fully saturated rings. The Morgan fingerprint density at radius 1 is 1.10 bits per heavy atom. The third kappa shape index (κ3) is 5.97. The Bertz CT molecular complexity index is 935. The molecule has 1 heterocycles. The van der Waals surface area contributed by atoms with E-state index in [1.165, 1.54) is 6.07 Å². The van der Waals surface area contributed by atoms with E-state index in [1.807, 2.05) is 32.0 Å². The Morgan fingerprint density at radius 3 is 2.45 bits per heavy atom. The molecular weight excluding hydrogens is 433 g/mol. The van der Waals surface area contributed by atoms with E-state index in [0.29, 0.717) is 37.7 Å². The van der Waals surface area contributed by atoms with E-state index in [1.54, 1.807) is 0 Å². The number of anilines is 1. The number of nitrogens with one attached hydrogen (secondary N) is 2. The van der Waals surface area contributed by atoms with Crippen molar-refractivity contribution in [1.29, 1.82) is 0 Å². The number of carbonyl (C=O) groups is 1. The second-order valence-electron chi connectivity index (χ2n) is 7.58. The van der Waals surface area contributed by atoms with E-state index in [4.69, 9.17) is 21.1 Å². The van der Waals surface area contributed by atoms with Gasteiger partial charge in [0.2, 0.25) is 5.91 Å². The molecule has 2 aromatic carbocycles. The molecule has 0 radical (unpaired) electrons. The van der Waals surface area contributed by atoms with Crippen molar-refractivity contribution in [2.75, 3.05) is 25.1 Å². The molecule has 5 nitrogen and oxygen atoms in total. The van der Waals surface area contributed by atoms with Crippen molar-refractivity contribution >= 4 is 23.2 Å². The minimum Gasteiger partial charge on any atom is -0.486 e. The van der Waals surface area contributed by atoms with Gasteiger partial charge in [-0.05, 0) is 48.2 Å². The Morgan fingerprint density at radius 2 is 1.81 bits per heavy atom. The number of alkyl halides is 3. The topological polar surface area (TPSA) is 59.6 Å². The molecule has 0 aliphatic carbocycles. The van der Waals surface area contributed by atoms with Crippen LogP contribution in [-0.2, 0) is 17.4 Å². The van der Waals surface area contributed by atoms with Gasteiger partial charge in [-0.1, -0.05) is 31.5 Å². The summed E-state index contributed by atoms with van der Waals surface area (Å²) in [7, 11) is 0. The summed E-state index contributed by atoms with van der Waals surface area (Å²) in [6.45, 7) is 5.10. The van der Waals surface area contributed by atoms with E-state index in [9.17, 15) is 18.0 Å². The second-order valence-corrected chi connectivity index (χ2v) is 7.98. The molecule has 3 rings (SSSR count). The molecule has 0 saturated heterocycles. The van der Waals surface area contributed by atoms with E-state index < -0.39 is 17.8 Å². The first-order valence-corrected chi connectivity index (χ1v) is 10.3. The zero-order valence-electron chi connectivity index (χ0n) is 17.2. The highest BCUT2D eigenvalue weighted by atomic mass is 35.5. The number of amides is 1. The van der Waals surface area contributed by atoms with Crippen molar-refractivity contribution in [3.05, 3.63) is 52.5 Å². The molecule has 1 aliphatic rings. The number of benzene rings is 2. The van der Waals surface area contributed by atoms with Crippen LogP contribution in [0.2, 0.25) is 5.02 Å². The van der Waals surface area contributed by atoms with Gasteiger partial charge in [-0.15, -0.1) is 0 Å². The highest BCUT2D eigenvalue weighted by molar-refractivity contribution is 6.33. The summed E-state index contributed by atoms with van der Waals surface area (Å²) < 4.78 is 49.6. The molecule has 0 aromatic heterocycles. The molecule has 168 valence electrons. The first-order valence-electron chi connectivity index (χ1n) is 9.94. The number of hydrogen-bond acceptors (Lipinski definition) is 4. The fraction of sp³-hybridized carbons (Fsp3) is 0.409. The highest BCUT2D eigenvalue weighted by Gasteiger charge is 2.31. The first kappa shape index (κ1) is 23.1. The van der Waals surface area contributed by atoms with Crippen LogP contribution in [0.5, 0.6) is 11.5 Å². The highest BCUT2D eigenvalue weighted by Crippen LogP contribution is 2.34. The maximum atomic E-state index is 12.8. The first-order chi connectivity index (χ1) is 14.6. The van der Waals surface area contributed by atoms with E-state index >= 15 is 0 Å². The summed E-state index contributed by atoms with van der Waals surface area (Å²) in [6.07, 6.45) is -3.89. The second kappa shape index (κ2) is 9.68. The van der Waals surface area contributed by atoms with Crippen molar-refractivity contribution in [2.24, 2.45) is 5.92 Å². The summed E-state index contributed by atoms with van der Waals surface area (Å²) in [6, 6.07) is 8.02. The van der Waals surface area contributed by atoms with Gasteiger partial charge in [-0.3, -0.25) is 4.79 Å². The Kier molecular flexibility index (Phi) is 7.20. The lowest BCUT2D eigenvalue weighted by Crippen LogP contribution is -2.43. The summed E-state index contributed by atoms with van der Waals surface area (Å²) in [5, 5.41) is 5.75. The van der Waals surface area contributed by atoms with Gasteiger partial charge in [0.15, 0.2) is 11.5 Å². The van der Waals surface area contributed by atoms with E-state index in [-0.39, 0.29) is 22.5 Å². The van der Waals surface area contributed by atoms with Gasteiger partial charge in [0.05, 0.1) is 16.3 Å². The van der Waals surface area contributed by atoms with E-state index in [2.05, 4.69) is 10.6 Å². The third-order valence-corrected chi connectivity index (χ3v) is 5.19. The average Bonchev–Trinajstić information content (AvgIpc) is 2.71. The normalized spacial score (nSPS) is 14.3. The minimum atomic E-state index is -4.48. The lowest BCUT2D eigenvalue weighted by atomic mass is 10.0. The molecule has 2 aromatic rings. The monoisotopic (exact) mass is 456 g/mol. The molecule has 0 spiro atoms. The SMILES string of the molecule is CC(C)[C@H](Nc1ccc(C(F)(F)F)cc1Cl)C(=O)NCCc1ccc2c(c1)OCCO2. The fourth-order valence-corrected chi connectivity index (χ4v) is 3.43. The predicted molar refractivity (Wildman–Crippen MR) is 113 cm³/mol. The van der Waals surface area contributed by atoms with Crippen molar-refractivity contribution in [3.8, 4) is 11.5 Å². The van der Waals surface area contributed by atoms with Gasteiger partial charge >= 0.3 is 6.18 Å². The van der Waals surface area contributed by atoms with Gasteiger partial charge in [0.25, 0.3) is 0 Å². The van der Waals surface area contributed by atoms with Gasteiger partial charge in [-0.25, -0.2) is 0 Å². The Hall–Kier alpha value is -2.61. The molecule has 1 atom stereocenters. The number of halogens is 4. The fourth-order valence-electron chi connectivity index (χ4n) is 3.19. The summed E-state index contributed by atoms with van der Waals surface area (Å²) >= 11 is 6.02. The molecule has 2 N–H and O–H groups in total. The molecule has 0 bridgehead atoms. The summed E-state index contributed by atoms with van der Waals surface area (Å²) in [4.78, 5) is 12.7. The van der Waals surface area contributed by atoms with Crippen LogP contribution in [0.3, 0.4) is 0 Å². The van der Waals surface area contributed by atoms with Crippen LogP contribution < -0.4 is 20.1 Å². The quantitative estimate of drug-likeness (QED) is 0.620. The zero-order valence-corrected chi connectivity index (χ0v) is 17.9. The third-order valence-electron chi connectivity index (χ3n) is 4.88. The molecular formula is C22H24ClF3N2O3. The summed E-state index contributed by atoms with van der Waals surface area (Å²) in [5.41, 5.74) is 0.424. The molecule has 31 heavy (non-hydrogen) atoms. The van der Waals surface area contributed by atoms with Crippen LogP contribution in [-0.4, -0.2) is 31.7 Å². The Balaban J connectivity index is 1.59. The lowest BCUT2D eigenvalue weighted by Gasteiger charge is -2.24. The van der Waals surface area contributed by atoms with Crippen LogP contribution >= 0.6 is 11.6 Å². The maximum Gasteiger partial charge on any atom is 0.416 e. The lowest BCUT2D eigenvalue weighted by molar-refractivity contribution is -0.137. The molecule has 1 aliphatic heterocycles. The maximum absolute atomic E-state index is 12.8. The molecule has 0 unspecified atom stereocenters. The van der Waals surface area contributed by atoms with Crippen LogP contribution in [0.4, 0.5) is 18.9 Å². The summed E-state index contributed by atoms with van der Waals surface area (Å²) in [5.74, 6) is 1.02. The standard InChI is InChI=1S/C22H24ClF3N2O3/c1-13(2)20(28-17-5-4-15(12-16(17)23)22(24,25)26)21(29)27-8-7-14-3-6-18-19(11-14)31-10-9-30-18/h3-6,11-13,20,28H,7-10H2,1-2H3,(H,27,29)/t20-/m0/s1. The average molecular weight is 457 g/mol. The predicted octanol–water partition coefficient (Wildman–Crippen LogP) is 4.93. The number of rotatable bonds is 7. The zero-order chi connectivity index (χ0) is 22.6. The Labute approximate surface area is 183 Å². The van der Waals surface area contributed by atoms with Gasteiger partial charge in [0, 0.05) is 6.54 Å². The molecule has 0 saturated carbocycles. The van der Waals surface area contributed by atoms with Gasteiger partial charge in [-0.2, -0.15) is 13.2 Å². The van der Waals surface area contributed by atoms with Crippen molar-refractivity contribution < 1.29 is 27.4 Å². The van der Waals surface area contributed by atoms with Gasteiger partial charge < -0.3 is 20.1 Å². The van der Waals surface area contributed by atoms with Crippen LogP contribution in [0, 0.1) is 5.92 Å². The number of fused-ring (bicyclic) bond motifs is 1. The largest absolute Gasteiger partial charge is 0.486 e. The van der Waals surface area contributed by atoms with Crippen LogP contribution in [0.25, 0.3) is 0 Å². The van der Waals surface area contributed by atoms with Crippen LogP contribution in [0.1, 0.15) is 25.0 Å². The van der Waals surface area contributed by atoms with Crippen LogP contribution in [0.15, 0.2) is 36.4 Å². The smallest absolute Gasteiger partial charge is 0.416 e. The number of carbonyl (C=O) groups excluding carboxylic acids is 1. The minimum absolute atomic E-state index is 0.0930. The number of ether oxygens (including phenoxy) is 2. The molecule has 9 heteroatoms. The van der Waals surface area contributed by atoms with Crippen molar-refractivity contribution in [2.45, 2.75) is 32.5 Å². The number of hydrogen-bond donors (Lipinski definition) is 2. The van der Waals surface area contributed by atoms with E-state index in [0.717, 1.165) is 17.7 Å². The van der Waals surface area contributed by atoms with Crippen molar-refractivity contribution in [3.63, 3.8) is 0 Å².